The Balaban J connectivity index is 1.55. The van der Waals surface area contributed by atoms with E-state index in [2.05, 4.69) is 15.3 Å². The highest BCUT2D eigenvalue weighted by atomic mass is 16.3. The van der Waals surface area contributed by atoms with Crippen molar-refractivity contribution in [3.63, 3.8) is 0 Å². The van der Waals surface area contributed by atoms with E-state index in [4.69, 9.17) is 0 Å². The second-order valence-corrected chi connectivity index (χ2v) is 8.14. The fourth-order valence-corrected chi connectivity index (χ4v) is 4.29. The zero-order valence-electron chi connectivity index (χ0n) is 16.9. The van der Waals surface area contributed by atoms with E-state index in [1.807, 2.05) is 30.3 Å². The molecule has 1 fully saturated rings. The molecule has 5 rings (SSSR count). The van der Waals surface area contributed by atoms with Crippen LogP contribution in [0.3, 0.4) is 0 Å². The number of aromatic nitrogens is 5. The maximum atomic E-state index is 13.2. The molecule has 3 aromatic heterocycles. The highest BCUT2D eigenvalue weighted by Crippen LogP contribution is 2.29. The van der Waals surface area contributed by atoms with Gasteiger partial charge in [-0.3, -0.25) is 13.9 Å². The highest BCUT2D eigenvalue weighted by Gasteiger charge is 2.30. The number of nitrogens with one attached hydrogen (secondary N) is 2. The van der Waals surface area contributed by atoms with Gasteiger partial charge in [-0.15, -0.1) is 0 Å². The molecule has 0 unspecified atom stereocenters. The van der Waals surface area contributed by atoms with Crippen molar-refractivity contribution in [1.82, 2.24) is 23.7 Å². The number of nitrogens with zero attached hydrogens (tertiary/aromatic N) is 4. The molecular weight excluding hydrogens is 384 g/mol. The summed E-state index contributed by atoms with van der Waals surface area (Å²) in [5.41, 5.74) is 1.73. The van der Waals surface area contributed by atoms with Crippen molar-refractivity contribution in [3.8, 4) is 0 Å². The van der Waals surface area contributed by atoms with Crippen LogP contribution in [0.15, 0.2) is 39.9 Å². The lowest BCUT2D eigenvalue weighted by molar-refractivity contribution is 0.151. The van der Waals surface area contributed by atoms with Crippen molar-refractivity contribution in [2.45, 2.75) is 25.4 Å². The first-order valence-electron chi connectivity index (χ1n) is 10.1. The minimum absolute atomic E-state index is 0.158. The van der Waals surface area contributed by atoms with E-state index in [9.17, 15) is 14.7 Å². The van der Waals surface area contributed by atoms with Crippen LogP contribution in [0.1, 0.15) is 18.5 Å². The van der Waals surface area contributed by atoms with E-state index in [1.165, 1.54) is 9.13 Å². The second kappa shape index (κ2) is 6.88. The molecule has 4 aromatic rings. The number of H-pyrrole nitrogens is 1. The smallest absolute Gasteiger partial charge is 0.332 e. The summed E-state index contributed by atoms with van der Waals surface area (Å²) in [5.74, 6) is 0.872. The van der Waals surface area contributed by atoms with Crippen LogP contribution in [-0.2, 0) is 20.6 Å². The maximum Gasteiger partial charge on any atom is 0.332 e. The van der Waals surface area contributed by atoms with E-state index in [0.29, 0.717) is 23.0 Å². The molecule has 0 atom stereocenters. The van der Waals surface area contributed by atoms with Gasteiger partial charge in [-0.05, 0) is 36.3 Å². The molecule has 0 radical (unpaired) electrons. The Morgan fingerprint density at radius 3 is 2.70 bits per heavy atom. The first kappa shape index (κ1) is 18.7. The number of hydrogen-bond donors (Lipinski definition) is 3. The molecule has 0 amide bonds. The number of aliphatic hydroxyl groups excluding tert-OH is 1. The minimum atomic E-state index is -0.403. The number of anilines is 1. The normalized spacial score (nSPS) is 18.8. The Morgan fingerprint density at radius 1 is 1.20 bits per heavy atom. The van der Waals surface area contributed by atoms with E-state index < -0.39 is 5.69 Å². The maximum absolute atomic E-state index is 13.2. The number of aliphatic hydroxyl groups is 1. The van der Waals surface area contributed by atoms with Gasteiger partial charge in [0.25, 0.3) is 5.56 Å². The number of fused-ring (bicyclic) bond motifs is 2. The summed E-state index contributed by atoms with van der Waals surface area (Å²) in [6.07, 6.45) is 1.73. The van der Waals surface area contributed by atoms with Crippen LogP contribution in [0.5, 0.6) is 0 Å². The molecule has 0 spiro atoms. The second-order valence-electron chi connectivity index (χ2n) is 8.14. The van der Waals surface area contributed by atoms with E-state index in [0.717, 1.165) is 29.4 Å². The van der Waals surface area contributed by atoms with Crippen molar-refractivity contribution in [2.75, 3.05) is 11.9 Å². The van der Waals surface area contributed by atoms with Crippen molar-refractivity contribution in [1.29, 1.82) is 0 Å². The predicted octanol–water partition coefficient (Wildman–Crippen LogP) is 1.15. The van der Waals surface area contributed by atoms with E-state index in [-0.39, 0.29) is 24.8 Å². The minimum Gasteiger partial charge on any atom is -0.396 e. The van der Waals surface area contributed by atoms with Gasteiger partial charge in [-0.1, -0.05) is 18.2 Å². The third-order valence-corrected chi connectivity index (χ3v) is 6.10. The molecule has 9 nitrogen and oxygen atoms in total. The molecule has 1 aromatic carbocycles. The van der Waals surface area contributed by atoms with E-state index in [1.54, 1.807) is 18.7 Å². The molecule has 3 N–H and O–H groups in total. The number of benzene rings is 1. The number of aryl methyl sites for hydroxylation is 2. The number of imidazole rings is 1. The summed E-state index contributed by atoms with van der Waals surface area (Å²) >= 11 is 0. The molecule has 3 heterocycles. The third kappa shape index (κ3) is 2.85. The molecule has 0 bridgehead atoms. The van der Waals surface area contributed by atoms with Crippen LogP contribution in [0.2, 0.25) is 0 Å². The van der Waals surface area contributed by atoms with Gasteiger partial charge in [0.05, 0.1) is 6.54 Å². The van der Waals surface area contributed by atoms with Crippen LogP contribution < -0.4 is 16.6 Å². The topological polar surface area (TPSA) is 110 Å². The van der Waals surface area contributed by atoms with Gasteiger partial charge in [0.2, 0.25) is 5.95 Å². The Kier molecular flexibility index (Phi) is 4.28. The van der Waals surface area contributed by atoms with Crippen molar-refractivity contribution >= 4 is 28.0 Å². The van der Waals surface area contributed by atoms with Crippen molar-refractivity contribution < 1.29 is 5.11 Å². The summed E-state index contributed by atoms with van der Waals surface area (Å²) in [4.78, 5) is 34.0. The Labute approximate surface area is 171 Å². The predicted molar refractivity (Wildman–Crippen MR) is 115 cm³/mol. The largest absolute Gasteiger partial charge is 0.396 e. The molecule has 9 heteroatoms. The molecule has 1 aliphatic rings. The highest BCUT2D eigenvalue weighted by molar-refractivity contribution is 5.80. The summed E-state index contributed by atoms with van der Waals surface area (Å²) in [6, 6.07) is 10.0. The molecular formula is C21H24N6O3. The summed E-state index contributed by atoms with van der Waals surface area (Å²) < 4.78 is 4.37. The molecule has 156 valence electrons. The van der Waals surface area contributed by atoms with Crippen LogP contribution in [0, 0.1) is 5.92 Å². The zero-order valence-corrected chi connectivity index (χ0v) is 16.9. The van der Waals surface area contributed by atoms with Crippen LogP contribution >= 0.6 is 0 Å². The number of aromatic amines is 1. The lowest BCUT2D eigenvalue weighted by Crippen LogP contribution is -2.40. The van der Waals surface area contributed by atoms with Gasteiger partial charge in [0, 0.05) is 38.0 Å². The quantitative estimate of drug-likeness (QED) is 0.459. The third-order valence-electron chi connectivity index (χ3n) is 6.10. The van der Waals surface area contributed by atoms with Gasteiger partial charge in [0.1, 0.15) is 0 Å². The fraction of sp³-hybridized carbons (Fsp3) is 0.381. The standard InChI is InChI=1S/C21H24N6O3/c1-25-17-18(24-20(25)23-14-7-12(8-14)11-28)26(2)21(30)27(19(17)29)10-15-9-13-5-3-4-6-16(13)22-15/h3-6,9,12,14,22,28H,7-8,10-11H2,1-2H3,(H,23,24)/t12-,14-. The monoisotopic (exact) mass is 408 g/mol. The number of rotatable bonds is 5. The molecule has 0 aliphatic heterocycles. The van der Waals surface area contributed by atoms with Crippen LogP contribution in [-0.4, -0.2) is 41.4 Å². The van der Waals surface area contributed by atoms with Crippen LogP contribution in [0.25, 0.3) is 22.1 Å². The van der Waals surface area contributed by atoms with E-state index >= 15 is 0 Å². The van der Waals surface area contributed by atoms with Crippen molar-refractivity contribution in [3.05, 3.63) is 56.9 Å². The lowest BCUT2D eigenvalue weighted by Gasteiger charge is -2.34. The first-order valence-corrected chi connectivity index (χ1v) is 10.1. The SMILES string of the molecule is Cn1c(N[C@H]2C[C@H](CO)C2)nc2c1c(=O)n(Cc1cc3ccccc3[nH]1)c(=O)n2C. The summed E-state index contributed by atoms with van der Waals surface area (Å²) in [6.45, 7) is 0.346. The zero-order chi connectivity index (χ0) is 21.0. The summed E-state index contributed by atoms with van der Waals surface area (Å²) in [5, 5.41) is 13.6. The Hall–Kier alpha value is -3.33. The average molecular weight is 408 g/mol. The Bertz CT molecular complexity index is 1340. The van der Waals surface area contributed by atoms with Gasteiger partial charge < -0.3 is 20.0 Å². The Morgan fingerprint density at radius 2 is 1.97 bits per heavy atom. The molecule has 30 heavy (non-hydrogen) atoms. The van der Waals surface area contributed by atoms with Gasteiger partial charge in [-0.2, -0.15) is 4.98 Å². The van der Waals surface area contributed by atoms with Gasteiger partial charge >= 0.3 is 5.69 Å². The van der Waals surface area contributed by atoms with Crippen molar-refractivity contribution in [2.24, 2.45) is 20.0 Å². The van der Waals surface area contributed by atoms with Crippen LogP contribution in [0.4, 0.5) is 5.95 Å². The molecule has 1 aliphatic carbocycles. The number of hydrogen-bond acceptors (Lipinski definition) is 5. The lowest BCUT2D eigenvalue weighted by atomic mass is 9.81. The van der Waals surface area contributed by atoms with Gasteiger partial charge in [-0.25, -0.2) is 4.79 Å². The molecule has 1 saturated carbocycles. The first-order chi connectivity index (χ1) is 14.5. The molecule has 0 saturated heterocycles. The summed E-state index contributed by atoms with van der Waals surface area (Å²) in [7, 11) is 3.41. The average Bonchev–Trinajstić information content (AvgIpc) is 3.26. The fourth-order valence-electron chi connectivity index (χ4n) is 4.29. The van der Waals surface area contributed by atoms with Gasteiger partial charge in [0.15, 0.2) is 11.2 Å². The number of para-hydroxylation sites is 1.